The zero-order valence-electron chi connectivity index (χ0n) is 11.5. The summed E-state index contributed by atoms with van der Waals surface area (Å²) in [5.41, 5.74) is 6.91. The number of nitrogens with zero attached hydrogens (tertiary/aromatic N) is 5. The molecule has 9 nitrogen and oxygen atoms in total. The van der Waals surface area contributed by atoms with Crippen LogP contribution in [0.2, 0.25) is 0 Å². The Kier molecular flexibility index (Phi) is 3.17. The van der Waals surface area contributed by atoms with Gasteiger partial charge in [0.15, 0.2) is 5.65 Å². The topological polar surface area (TPSA) is 125 Å². The standard InChI is InChI=1S/C12H12N6O3S/c1-2-22(20,21)17-6-8(5-15-17)10-4-3-9(11(13)19)12-14-7-16-18(10)12/h3-7H,2H2,1H3,(H2,13,19). The highest BCUT2D eigenvalue weighted by molar-refractivity contribution is 7.89. The smallest absolute Gasteiger partial charge is 0.253 e. The third kappa shape index (κ3) is 2.13. The van der Waals surface area contributed by atoms with Gasteiger partial charge in [0.05, 0.1) is 29.4 Å². The van der Waals surface area contributed by atoms with Crippen molar-refractivity contribution in [3.05, 3.63) is 36.4 Å². The summed E-state index contributed by atoms with van der Waals surface area (Å²) in [4.78, 5) is 15.4. The van der Waals surface area contributed by atoms with Gasteiger partial charge in [-0.25, -0.2) is 17.9 Å². The van der Waals surface area contributed by atoms with Crippen LogP contribution >= 0.6 is 0 Å². The molecule has 0 fully saturated rings. The lowest BCUT2D eigenvalue weighted by atomic mass is 10.2. The van der Waals surface area contributed by atoms with E-state index in [-0.39, 0.29) is 11.3 Å². The maximum absolute atomic E-state index is 11.8. The van der Waals surface area contributed by atoms with Crippen LogP contribution in [0.3, 0.4) is 0 Å². The first kappa shape index (κ1) is 14.2. The molecule has 22 heavy (non-hydrogen) atoms. The molecule has 0 aliphatic rings. The van der Waals surface area contributed by atoms with E-state index in [2.05, 4.69) is 15.2 Å². The van der Waals surface area contributed by atoms with Crippen LogP contribution in [0, 0.1) is 0 Å². The molecule has 3 heterocycles. The Balaban J connectivity index is 2.18. The van der Waals surface area contributed by atoms with Gasteiger partial charge in [0.1, 0.15) is 6.33 Å². The van der Waals surface area contributed by atoms with Crippen LogP contribution in [0.25, 0.3) is 16.9 Å². The van der Waals surface area contributed by atoms with Crippen LogP contribution in [0.1, 0.15) is 17.3 Å². The van der Waals surface area contributed by atoms with Crippen molar-refractivity contribution in [2.75, 3.05) is 5.75 Å². The lowest BCUT2D eigenvalue weighted by molar-refractivity contribution is 0.100. The van der Waals surface area contributed by atoms with Crippen LogP contribution in [0.4, 0.5) is 0 Å². The second-order valence-electron chi connectivity index (χ2n) is 4.49. The maximum atomic E-state index is 11.8. The summed E-state index contributed by atoms with van der Waals surface area (Å²) >= 11 is 0. The van der Waals surface area contributed by atoms with Gasteiger partial charge in [-0.1, -0.05) is 0 Å². The largest absolute Gasteiger partial charge is 0.365 e. The number of hydrogen-bond donors (Lipinski definition) is 1. The number of hydrogen-bond acceptors (Lipinski definition) is 6. The number of rotatable bonds is 4. The predicted molar refractivity (Wildman–Crippen MR) is 77.6 cm³/mol. The second-order valence-corrected chi connectivity index (χ2v) is 6.61. The van der Waals surface area contributed by atoms with Crippen LogP contribution in [0.5, 0.6) is 0 Å². The first-order chi connectivity index (χ1) is 10.4. The number of carbonyl (C=O) groups excluding carboxylic acids is 1. The highest BCUT2D eigenvalue weighted by Crippen LogP contribution is 2.21. The van der Waals surface area contributed by atoms with Crippen molar-refractivity contribution in [2.45, 2.75) is 6.92 Å². The number of nitrogens with two attached hydrogens (primary N) is 1. The average molecular weight is 320 g/mol. The van der Waals surface area contributed by atoms with Crippen LogP contribution in [0.15, 0.2) is 30.9 Å². The van der Waals surface area contributed by atoms with Crippen LogP contribution < -0.4 is 5.73 Å². The second kappa shape index (κ2) is 4.91. The van der Waals surface area contributed by atoms with Gasteiger partial charge in [0.25, 0.3) is 15.9 Å². The monoisotopic (exact) mass is 320 g/mol. The van der Waals surface area contributed by atoms with E-state index in [0.29, 0.717) is 16.9 Å². The Bertz CT molecular complexity index is 972. The number of aromatic nitrogens is 5. The Labute approximate surface area is 125 Å². The molecule has 0 unspecified atom stereocenters. The molecule has 3 rings (SSSR count). The summed E-state index contributed by atoms with van der Waals surface area (Å²) in [6.45, 7) is 1.54. The van der Waals surface area contributed by atoms with E-state index in [0.717, 1.165) is 4.09 Å². The lowest BCUT2D eigenvalue weighted by Gasteiger charge is -2.04. The molecule has 10 heteroatoms. The fraction of sp³-hybridized carbons (Fsp3) is 0.167. The zero-order valence-corrected chi connectivity index (χ0v) is 12.4. The van der Waals surface area contributed by atoms with E-state index in [1.165, 1.54) is 36.2 Å². The molecule has 0 atom stereocenters. The number of fused-ring (bicyclic) bond motifs is 1. The maximum Gasteiger partial charge on any atom is 0.253 e. The molecule has 0 saturated heterocycles. The average Bonchev–Trinajstić information content (AvgIpc) is 3.15. The summed E-state index contributed by atoms with van der Waals surface area (Å²) in [6.07, 6.45) is 4.09. The molecule has 114 valence electrons. The molecule has 0 spiro atoms. The molecule has 0 radical (unpaired) electrons. The minimum atomic E-state index is -3.46. The molecule has 0 aliphatic heterocycles. The van der Waals surface area contributed by atoms with Gasteiger partial charge >= 0.3 is 0 Å². The Morgan fingerprint density at radius 1 is 1.32 bits per heavy atom. The first-order valence-corrected chi connectivity index (χ1v) is 7.96. The molecule has 0 aliphatic carbocycles. The fourth-order valence-corrected chi connectivity index (χ4v) is 2.77. The van der Waals surface area contributed by atoms with Gasteiger partial charge in [-0.05, 0) is 19.1 Å². The molecule has 0 saturated carbocycles. The van der Waals surface area contributed by atoms with Gasteiger partial charge in [-0.15, -0.1) is 0 Å². The normalized spacial score (nSPS) is 11.9. The SMILES string of the molecule is CCS(=O)(=O)n1cc(-c2ccc(C(N)=O)c3ncnn23)cn1. The van der Waals surface area contributed by atoms with Gasteiger partial charge in [-0.2, -0.15) is 14.3 Å². The molecule has 3 aromatic heterocycles. The summed E-state index contributed by atoms with van der Waals surface area (Å²) < 4.78 is 25.9. The summed E-state index contributed by atoms with van der Waals surface area (Å²) in [6, 6.07) is 3.13. The Hall–Kier alpha value is -2.75. The van der Waals surface area contributed by atoms with Crippen molar-refractivity contribution >= 4 is 21.6 Å². The minimum Gasteiger partial charge on any atom is -0.365 e. The van der Waals surface area contributed by atoms with Gasteiger partial charge in [-0.3, -0.25) is 4.79 Å². The summed E-state index contributed by atoms with van der Waals surface area (Å²) in [7, 11) is -3.46. The van der Waals surface area contributed by atoms with Crippen molar-refractivity contribution in [1.29, 1.82) is 0 Å². The quantitative estimate of drug-likeness (QED) is 0.715. The Morgan fingerprint density at radius 2 is 2.09 bits per heavy atom. The fourth-order valence-electron chi connectivity index (χ4n) is 2.04. The van der Waals surface area contributed by atoms with E-state index in [9.17, 15) is 13.2 Å². The number of amides is 1. The first-order valence-electron chi connectivity index (χ1n) is 6.35. The van der Waals surface area contributed by atoms with Crippen molar-refractivity contribution in [3.8, 4) is 11.3 Å². The van der Waals surface area contributed by atoms with E-state index >= 15 is 0 Å². The van der Waals surface area contributed by atoms with Crippen molar-refractivity contribution in [3.63, 3.8) is 0 Å². The van der Waals surface area contributed by atoms with Gasteiger partial charge < -0.3 is 5.73 Å². The van der Waals surface area contributed by atoms with Crippen LogP contribution in [-0.4, -0.2) is 43.9 Å². The predicted octanol–water partition coefficient (Wildman–Crippen LogP) is -0.110. The Morgan fingerprint density at radius 3 is 2.77 bits per heavy atom. The van der Waals surface area contributed by atoms with E-state index < -0.39 is 15.9 Å². The summed E-state index contributed by atoms with van der Waals surface area (Å²) in [5, 5.41) is 7.90. The minimum absolute atomic E-state index is 0.0620. The third-order valence-corrected chi connectivity index (χ3v) is 4.70. The van der Waals surface area contributed by atoms with Crippen molar-refractivity contribution in [1.82, 2.24) is 23.8 Å². The number of primary amides is 1. The molecule has 0 aromatic carbocycles. The van der Waals surface area contributed by atoms with Crippen molar-refractivity contribution < 1.29 is 13.2 Å². The lowest BCUT2D eigenvalue weighted by Crippen LogP contribution is -2.15. The molecule has 2 N–H and O–H groups in total. The highest BCUT2D eigenvalue weighted by Gasteiger charge is 2.17. The van der Waals surface area contributed by atoms with Gasteiger partial charge in [0.2, 0.25) is 0 Å². The highest BCUT2D eigenvalue weighted by atomic mass is 32.2. The molecule has 1 amide bonds. The molecular weight excluding hydrogens is 308 g/mol. The molecular formula is C12H12N6O3S. The molecule has 0 bridgehead atoms. The van der Waals surface area contributed by atoms with Crippen LogP contribution in [-0.2, 0) is 10.0 Å². The van der Waals surface area contributed by atoms with Crippen molar-refractivity contribution in [2.24, 2.45) is 5.73 Å². The molecule has 3 aromatic rings. The zero-order chi connectivity index (χ0) is 15.9. The number of pyridine rings is 1. The van der Waals surface area contributed by atoms with E-state index in [1.807, 2.05) is 0 Å². The van der Waals surface area contributed by atoms with Gasteiger partial charge in [0, 0.05) is 5.56 Å². The third-order valence-electron chi connectivity index (χ3n) is 3.20. The van der Waals surface area contributed by atoms with E-state index in [4.69, 9.17) is 5.73 Å². The number of carbonyl (C=O) groups is 1. The van der Waals surface area contributed by atoms with E-state index in [1.54, 1.807) is 6.07 Å². The summed E-state index contributed by atoms with van der Waals surface area (Å²) in [5.74, 6) is -0.679.